The van der Waals surface area contributed by atoms with Gasteiger partial charge in [-0.15, -0.1) is 0 Å². The molecule has 1 aromatic heterocycles. The molecule has 1 aliphatic heterocycles. The maximum atomic E-state index is 11.9. The van der Waals surface area contributed by atoms with Gasteiger partial charge in [0.15, 0.2) is 0 Å². The van der Waals surface area contributed by atoms with Gasteiger partial charge in [0.1, 0.15) is 17.1 Å². The Hall–Kier alpha value is -2.60. The topological polar surface area (TPSA) is 54.9 Å². The van der Waals surface area contributed by atoms with Gasteiger partial charge in [0, 0.05) is 38.9 Å². The van der Waals surface area contributed by atoms with E-state index in [9.17, 15) is 4.79 Å². The largest absolute Gasteiger partial charge is 0.497 e. The summed E-state index contributed by atoms with van der Waals surface area (Å²) in [6.07, 6.45) is 1.71. The Morgan fingerprint density at radius 3 is 2.44 bits per heavy atom. The van der Waals surface area contributed by atoms with E-state index in [2.05, 4.69) is 26.9 Å². The van der Waals surface area contributed by atoms with Crippen molar-refractivity contribution in [1.82, 2.24) is 9.88 Å². The molecule has 0 N–H and O–H groups in total. The summed E-state index contributed by atoms with van der Waals surface area (Å²) in [5, 5.41) is 0. The third-order valence-electron chi connectivity index (χ3n) is 4.43. The molecule has 6 heteroatoms. The van der Waals surface area contributed by atoms with E-state index in [-0.39, 0.29) is 5.97 Å². The van der Waals surface area contributed by atoms with Crippen LogP contribution in [0.2, 0.25) is 0 Å². The summed E-state index contributed by atoms with van der Waals surface area (Å²) >= 11 is 0. The normalized spacial score (nSPS) is 15.0. The van der Waals surface area contributed by atoms with Crippen LogP contribution in [0, 0.1) is 0 Å². The Labute approximate surface area is 148 Å². The maximum Gasteiger partial charge on any atom is 0.341 e. The molecule has 25 heavy (non-hydrogen) atoms. The first kappa shape index (κ1) is 17.2. The number of aromatic nitrogens is 1. The van der Waals surface area contributed by atoms with E-state index in [0.717, 1.165) is 38.5 Å². The highest BCUT2D eigenvalue weighted by atomic mass is 16.5. The second-order valence-electron chi connectivity index (χ2n) is 5.98. The van der Waals surface area contributed by atoms with E-state index < -0.39 is 0 Å². The zero-order valence-corrected chi connectivity index (χ0v) is 14.6. The molecule has 6 nitrogen and oxygen atoms in total. The van der Waals surface area contributed by atoms with E-state index in [4.69, 9.17) is 9.47 Å². The first-order chi connectivity index (χ1) is 12.2. The zero-order chi connectivity index (χ0) is 17.6. The average Bonchev–Trinajstić information content (AvgIpc) is 2.68. The van der Waals surface area contributed by atoms with Crippen LogP contribution in [0.5, 0.6) is 5.75 Å². The van der Waals surface area contributed by atoms with Crippen molar-refractivity contribution in [2.24, 2.45) is 0 Å². The minimum absolute atomic E-state index is 0.344. The van der Waals surface area contributed by atoms with Gasteiger partial charge in [-0.3, -0.25) is 4.90 Å². The second kappa shape index (κ2) is 7.98. The number of nitrogens with zero attached hydrogens (tertiary/aromatic N) is 3. The zero-order valence-electron chi connectivity index (χ0n) is 14.6. The van der Waals surface area contributed by atoms with Crippen molar-refractivity contribution in [2.45, 2.75) is 6.54 Å². The molecular weight excluding hydrogens is 318 g/mol. The SMILES string of the molecule is COC(=O)c1cccnc1N1CCN(Cc2ccc(OC)cc2)CC1. The van der Waals surface area contributed by atoms with Gasteiger partial charge in [-0.05, 0) is 29.8 Å². The molecule has 2 aromatic rings. The van der Waals surface area contributed by atoms with Crippen molar-refractivity contribution in [2.75, 3.05) is 45.3 Å². The smallest absolute Gasteiger partial charge is 0.341 e. The Morgan fingerprint density at radius 1 is 1.08 bits per heavy atom. The number of anilines is 1. The van der Waals surface area contributed by atoms with Crippen LogP contribution >= 0.6 is 0 Å². The number of ether oxygens (including phenoxy) is 2. The minimum atomic E-state index is -0.344. The van der Waals surface area contributed by atoms with Gasteiger partial charge in [-0.1, -0.05) is 12.1 Å². The Kier molecular flexibility index (Phi) is 5.50. The van der Waals surface area contributed by atoms with Gasteiger partial charge in [-0.25, -0.2) is 9.78 Å². The fourth-order valence-corrected chi connectivity index (χ4v) is 3.03. The molecule has 132 valence electrons. The number of hydrogen-bond acceptors (Lipinski definition) is 6. The van der Waals surface area contributed by atoms with E-state index in [0.29, 0.717) is 11.4 Å². The number of carbonyl (C=O) groups is 1. The third-order valence-corrected chi connectivity index (χ3v) is 4.43. The molecule has 0 unspecified atom stereocenters. The van der Waals surface area contributed by atoms with E-state index in [1.165, 1.54) is 12.7 Å². The first-order valence-corrected chi connectivity index (χ1v) is 8.35. The highest BCUT2D eigenvalue weighted by molar-refractivity contribution is 5.94. The predicted octanol–water partition coefficient (Wildman–Crippen LogP) is 2.20. The lowest BCUT2D eigenvalue weighted by atomic mass is 10.1. The minimum Gasteiger partial charge on any atom is -0.497 e. The van der Waals surface area contributed by atoms with Crippen molar-refractivity contribution in [3.05, 3.63) is 53.7 Å². The summed E-state index contributed by atoms with van der Waals surface area (Å²) in [7, 11) is 3.07. The summed E-state index contributed by atoms with van der Waals surface area (Å²) < 4.78 is 10.1. The molecular formula is C19H23N3O3. The molecule has 1 saturated heterocycles. The van der Waals surface area contributed by atoms with Crippen LogP contribution in [0.15, 0.2) is 42.6 Å². The number of rotatable bonds is 5. The lowest BCUT2D eigenvalue weighted by Crippen LogP contribution is -2.46. The van der Waals surface area contributed by atoms with E-state index in [1.807, 2.05) is 12.1 Å². The van der Waals surface area contributed by atoms with Crippen molar-refractivity contribution in [3.8, 4) is 5.75 Å². The molecule has 0 radical (unpaired) electrons. The Balaban J connectivity index is 1.61. The summed E-state index contributed by atoms with van der Waals surface area (Å²) in [6.45, 7) is 4.41. The molecule has 2 heterocycles. The molecule has 0 bridgehead atoms. The Bertz CT molecular complexity index is 710. The number of methoxy groups -OCH3 is 2. The molecule has 0 atom stereocenters. The average molecular weight is 341 g/mol. The van der Waals surface area contributed by atoms with Crippen molar-refractivity contribution in [3.63, 3.8) is 0 Å². The standard InChI is InChI=1S/C19H23N3O3/c1-24-16-7-5-15(6-8-16)14-21-10-12-22(13-11-21)18-17(19(23)25-2)4-3-9-20-18/h3-9H,10-14H2,1-2H3. The molecule has 0 aliphatic carbocycles. The van der Waals surface area contributed by atoms with Crippen LogP contribution in [0.25, 0.3) is 0 Å². The van der Waals surface area contributed by atoms with Gasteiger partial charge in [0.05, 0.1) is 14.2 Å². The van der Waals surface area contributed by atoms with Gasteiger partial charge >= 0.3 is 5.97 Å². The fourth-order valence-electron chi connectivity index (χ4n) is 3.03. The molecule has 3 rings (SSSR count). The molecule has 0 saturated carbocycles. The monoisotopic (exact) mass is 341 g/mol. The number of esters is 1. The number of hydrogen-bond donors (Lipinski definition) is 0. The van der Waals surface area contributed by atoms with Crippen molar-refractivity contribution in [1.29, 1.82) is 0 Å². The van der Waals surface area contributed by atoms with Crippen LogP contribution in [0.4, 0.5) is 5.82 Å². The van der Waals surface area contributed by atoms with Crippen LogP contribution in [0.3, 0.4) is 0 Å². The van der Waals surface area contributed by atoms with E-state index >= 15 is 0 Å². The molecule has 1 fully saturated rings. The first-order valence-electron chi connectivity index (χ1n) is 8.35. The van der Waals surface area contributed by atoms with Crippen molar-refractivity contribution >= 4 is 11.8 Å². The quantitative estimate of drug-likeness (QED) is 0.777. The summed E-state index contributed by atoms with van der Waals surface area (Å²) in [6, 6.07) is 11.7. The summed E-state index contributed by atoms with van der Waals surface area (Å²) in [5.74, 6) is 1.24. The van der Waals surface area contributed by atoms with E-state index in [1.54, 1.807) is 25.4 Å². The molecule has 1 aromatic carbocycles. The molecule has 0 spiro atoms. The lowest BCUT2D eigenvalue weighted by molar-refractivity contribution is 0.0601. The summed E-state index contributed by atoms with van der Waals surface area (Å²) in [5.41, 5.74) is 1.79. The van der Waals surface area contributed by atoms with Crippen LogP contribution < -0.4 is 9.64 Å². The van der Waals surface area contributed by atoms with Crippen LogP contribution in [-0.2, 0) is 11.3 Å². The maximum absolute atomic E-state index is 11.9. The number of pyridine rings is 1. The number of benzene rings is 1. The van der Waals surface area contributed by atoms with Crippen LogP contribution in [-0.4, -0.2) is 56.3 Å². The van der Waals surface area contributed by atoms with Gasteiger partial charge < -0.3 is 14.4 Å². The highest BCUT2D eigenvalue weighted by Crippen LogP contribution is 2.21. The van der Waals surface area contributed by atoms with Gasteiger partial charge in [-0.2, -0.15) is 0 Å². The third kappa shape index (κ3) is 4.09. The Morgan fingerprint density at radius 2 is 1.80 bits per heavy atom. The lowest BCUT2D eigenvalue weighted by Gasteiger charge is -2.36. The summed E-state index contributed by atoms with van der Waals surface area (Å²) in [4.78, 5) is 20.9. The predicted molar refractivity (Wildman–Crippen MR) is 96.1 cm³/mol. The second-order valence-corrected chi connectivity index (χ2v) is 5.98. The highest BCUT2D eigenvalue weighted by Gasteiger charge is 2.22. The fraction of sp³-hybridized carbons (Fsp3) is 0.368. The van der Waals surface area contributed by atoms with Crippen molar-refractivity contribution < 1.29 is 14.3 Å². The molecule has 0 amide bonds. The van der Waals surface area contributed by atoms with Gasteiger partial charge in [0.2, 0.25) is 0 Å². The van der Waals surface area contributed by atoms with Crippen LogP contribution in [0.1, 0.15) is 15.9 Å². The number of carbonyl (C=O) groups excluding carboxylic acids is 1. The molecule has 1 aliphatic rings. The van der Waals surface area contributed by atoms with Gasteiger partial charge in [0.25, 0.3) is 0 Å². The number of piperazine rings is 1.